The van der Waals surface area contributed by atoms with Crippen molar-refractivity contribution in [2.24, 2.45) is 0 Å². The lowest BCUT2D eigenvalue weighted by Crippen LogP contribution is -1.85. The average Bonchev–Trinajstić information content (AvgIpc) is 3.17. The normalized spacial score (nSPS) is 12.4. The van der Waals surface area contributed by atoms with Crippen LogP contribution in [0, 0.1) is 6.92 Å². The van der Waals surface area contributed by atoms with Gasteiger partial charge >= 0.3 is 0 Å². The molecule has 4 heteroatoms. The summed E-state index contributed by atoms with van der Waals surface area (Å²) in [7, 11) is 0. The summed E-state index contributed by atoms with van der Waals surface area (Å²) in [5.74, 6) is 0. The van der Waals surface area contributed by atoms with Crippen molar-refractivity contribution in [1.82, 2.24) is 19.9 Å². The smallest absolute Gasteiger partial charge is 0.116 e. The van der Waals surface area contributed by atoms with Crippen LogP contribution in [0.15, 0.2) is 48.8 Å². The van der Waals surface area contributed by atoms with Crippen molar-refractivity contribution in [3.05, 3.63) is 54.4 Å². The maximum Gasteiger partial charge on any atom is 0.116 e. The van der Waals surface area contributed by atoms with Gasteiger partial charge in [-0.15, -0.1) is 0 Å². The van der Waals surface area contributed by atoms with E-state index in [-0.39, 0.29) is 0 Å². The van der Waals surface area contributed by atoms with E-state index in [9.17, 15) is 0 Å². The van der Waals surface area contributed by atoms with E-state index >= 15 is 0 Å². The lowest BCUT2D eigenvalue weighted by atomic mass is 10.0. The Morgan fingerprint density at radius 3 is 2.58 bits per heavy atom. The van der Waals surface area contributed by atoms with Gasteiger partial charge in [0.2, 0.25) is 0 Å². The lowest BCUT2D eigenvalue weighted by Gasteiger charge is -2.01. The molecule has 4 aromatic carbocycles. The van der Waals surface area contributed by atoms with Gasteiger partial charge in [0, 0.05) is 16.2 Å². The minimum atomic E-state index is 0.882. The van der Waals surface area contributed by atoms with Crippen LogP contribution in [0.25, 0.3) is 54.6 Å². The molecule has 0 atom stereocenters. The summed E-state index contributed by atoms with van der Waals surface area (Å²) in [6.45, 7) is 2.16. The molecule has 0 saturated heterocycles. The Morgan fingerprint density at radius 2 is 1.67 bits per heavy atom. The van der Waals surface area contributed by atoms with Gasteiger partial charge in [0.05, 0.1) is 33.1 Å². The van der Waals surface area contributed by atoms with Crippen molar-refractivity contribution in [3.8, 4) is 0 Å². The molecule has 24 heavy (non-hydrogen) atoms. The number of aryl methyl sites for hydroxylation is 1. The third-order valence-electron chi connectivity index (χ3n) is 5.00. The highest BCUT2D eigenvalue weighted by Gasteiger charge is 2.15. The van der Waals surface area contributed by atoms with Gasteiger partial charge < -0.3 is 4.98 Å². The van der Waals surface area contributed by atoms with Crippen LogP contribution in [0.1, 0.15) is 5.56 Å². The monoisotopic (exact) mass is 308 g/mol. The summed E-state index contributed by atoms with van der Waals surface area (Å²) < 4.78 is 0. The molecule has 0 fully saturated rings. The maximum absolute atomic E-state index is 4.96. The number of fused-ring (bicyclic) bond motifs is 5. The molecule has 4 nitrogen and oxygen atoms in total. The molecule has 2 aromatic heterocycles. The van der Waals surface area contributed by atoms with Gasteiger partial charge in [0.25, 0.3) is 0 Å². The minimum Gasteiger partial charge on any atom is -0.351 e. The predicted molar refractivity (Wildman–Crippen MR) is 97.6 cm³/mol. The van der Waals surface area contributed by atoms with E-state index in [4.69, 9.17) is 4.98 Å². The number of hydrogen-bond donors (Lipinski definition) is 1. The van der Waals surface area contributed by atoms with Gasteiger partial charge in [0.1, 0.15) is 6.33 Å². The number of imidazole rings is 1. The Morgan fingerprint density at radius 1 is 0.833 bits per heavy atom. The molecule has 0 spiro atoms. The predicted octanol–water partition coefficient (Wildman–Crippen LogP) is 4.71. The van der Waals surface area contributed by atoms with Crippen LogP contribution >= 0.6 is 0 Å². The van der Waals surface area contributed by atoms with Crippen LogP contribution in [0.2, 0.25) is 0 Å². The molecule has 0 aliphatic heterocycles. The third kappa shape index (κ3) is 1.36. The molecule has 2 heterocycles. The van der Waals surface area contributed by atoms with Crippen molar-refractivity contribution in [1.29, 1.82) is 0 Å². The van der Waals surface area contributed by atoms with Gasteiger partial charge in [-0.1, -0.05) is 30.3 Å². The average molecular weight is 308 g/mol. The Labute approximate surface area is 136 Å². The van der Waals surface area contributed by atoms with E-state index in [0.717, 1.165) is 33.1 Å². The summed E-state index contributed by atoms with van der Waals surface area (Å²) in [5, 5.41) is 5.02. The van der Waals surface area contributed by atoms with E-state index in [2.05, 4.69) is 52.2 Å². The molecule has 0 unspecified atom stereocenters. The van der Waals surface area contributed by atoms with Crippen LogP contribution in [0.3, 0.4) is 0 Å². The summed E-state index contributed by atoms with van der Waals surface area (Å²) in [6, 6.07) is 14.9. The zero-order valence-electron chi connectivity index (χ0n) is 13.0. The van der Waals surface area contributed by atoms with E-state index in [1.807, 2.05) is 12.1 Å². The van der Waals surface area contributed by atoms with Crippen molar-refractivity contribution < 1.29 is 0 Å². The molecule has 0 bridgehead atoms. The highest BCUT2D eigenvalue weighted by atomic mass is 14.9. The third-order valence-corrected chi connectivity index (χ3v) is 5.00. The van der Waals surface area contributed by atoms with Crippen molar-refractivity contribution in [2.45, 2.75) is 6.92 Å². The second-order valence-electron chi connectivity index (χ2n) is 6.35. The quantitative estimate of drug-likeness (QED) is 0.442. The fourth-order valence-corrected chi connectivity index (χ4v) is 3.84. The largest absolute Gasteiger partial charge is 0.351 e. The summed E-state index contributed by atoms with van der Waals surface area (Å²) in [5.41, 5.74) is 7.09. The Balaban J connectivity index is 1.92. The highest BCUT2D eigenvalue weighted by molar-refractivity contribution is 6.29. The van der Waals surface area contributed by atoms with E-state index < -0.39 is 0 Å². The molecule has 6 rings (SSSR count). The van der Waals surface area contributed by atoms with Crippen LogP contribution in [-0.2, 0) is 0 Å². The summed E-state index contributed by atoms with van der Waals surface area (Å²) >= 11 is 0. The molecule has 112 valence electrons. The van der Waals surface area contributed by atoms with Crippen LogP contribution in [-0.4, -0.2) is 19.9 Å². The zero-order chi connectivity index (χ0) is 15.8. The zero-order valence-corrected chi connectivity index (χ0v) is 13.0. The first-order valence-electron chi connectivity index (χ1n) is 7.97. The first-order valence-corrected chi connectivity index (χ1v) is 7.97. The van der Waals surface area contributed by atoms with Crippen molar-refractivity contribution in [2.75, 3.05) is 0 Å². The Hall–Kier alpha value is -3.27. The van der Waals surface area contributed by atoms with E-state index in [1.165, 1.54) is 27.1 Å². The number of nitrogens with zero attached hydrogens (tertiary/aromatic N) is 3. The molecule has 1 N–H and O–H groups in total. The molecular weight excluding hydrogens is 296 g/mol. The Kier molecular flexibility index (Phi) is 2.02. The van der Waals surface area contributed by atoms with Gasteiger partial charge in [-0.2, -0.15) is 0 Å². The molecule has 6 aromatic rings. The number of aromatic amines is 1. The van der Waals surface area contributed by atoms with Crippen LogP contribution in [0.5, 0.6) is 0 Å². The number of aromatic nitrogens is 4. The second-order valence-corrected chi connectivity index (χ2v) is 6.35. The molecule has 0 aliphatic carbocycles. The second kappa shape index (κ2) is 3.97. The topological polar surface area (TPSA) is 54.5 Å². The Bertz CT molecular complexity index is 1340. The van der Waals surface area contributed by atoms with Gasteiger partial charge in [-0.05, 0) is 30.0 Å². The fourth-order valence-electron chi connectivity index (χ4n) is 3.84. The molecular formula is C20H12N4. The van der Waals surface area contributed by atoms with Gasteiger partial charge in [-0.25, -0.2) is 15.0 Å². The maximum atomic E-state index is 4.96. The van der Waals surface area contributed by atoms with Crippen molar-refractivity contribution >= 4 is 54.6 Å². The number of rotatable bonds is 0. The summed E-state index contributed by atoms with van der Waals surface area (Å²) in [6.07, 6.45) is 1.59. The number of benzene rings is 3. The van der Waals surface area contributed by atoms with Crippen LogP contribution in [0.4, 0.5) is 0 Å². The SMILES string of the molecule is Cc1ccc2c3[nH]c4cc5ncnc5cc4nc3c3cccc1c32. The number of nitrogens with one attached hydrogen (secondary N) is 1. The lowest BCUT2D eigenvalue weighted by molar-refractivity contribution is 1.34. The van der Waals surface area contributed by atoms with E-state index in [0.29, 0.717) is 0 Å². The van der Waals surface area contributed by atoms with Crippen LogP contribution < -0.4 is 0 Å². The first-order chi connectivity index (χ1) is 11.8. The molecule has 0 amide bonds. The number of hydrogen-bond acceptors (Lipinski definition) is 3. The van der Waals surface area contributed by atoms with Gasteiger partial charge in [0.15, 0.2) is 0 Å². The van der Waals surface area contributed by atoms with Crippen molar-refractivity contribution in [3.63, 3.8) is 0 Å². The minimum absolute atomic E-state index is 0.882. The molecule has 0 aliphatic rings. The van der Waals surface area contributed by atoms with Gasteiger partial charge in [-0.3, -0.25) is 0 Å². The van der Waals surface area contributed by atoms with E-state index in [1.54, 1.807) is 6.33 Å². The number of H-pyrrole nitrogens is 1. The fraction of sp³-hybridized carbons (Fsp3) is 0.0500. The highest BCUT2D eigenvalue weighted by Crippen LogP contribution is 2.38. The standard InChI is InChI=1S/C20H12N4/c1-10-5-6-13-18-11(10)3-2-4-12(18)19-20(13)24-17-8-15-14(21-9-22-15)7-16(17)23-19/h2-9,24H,1H3. The molecule has 0 saturated carbocycles. The molecule has 0 radical (unpaired) electrons. The first kappa shape index (κ1) is 12.2. The summed E-state index contributed by atoms with van der Waals surface area (Å²) in [4.78, 5) is 17.1.